The van der Waals surface area contributed by atoms with Gasteiger partial charge in [-0.25, -0.2) is 0 Å². The van der Waals surface area contributed by atoms with Crippen LogP contribution in [0, 0.1) is 6.92 Å². The van der Waals surface area contributed by atoms with Gasteiger partial charge < -0.3 is 4.90 Å². The van der Waals surface area contributed by atoms with Crippen molar-refractivity contribution in [1.82, 2.24) is 9.88 Å². The van der Waals surface area contributed by atoms with Gasteiger partial charge in [0.05, 0.1) is 5.56 Å². The second-order valence-electron chi connectivity index (χ2n) is 6.12. The molecule has 0 radical (unpaired) electrons. The lowest BCUT2D eigenvalue weighted by atomic mass is 9.85. The van der Waals surface area contributed by atoms with E-state index in [4.69, 9.17) is 0 Å². The van der Waals surface area contributed by atoms with Crippen LogP contribution in [-0.4, -0.2) is 28.4 Å². The molecule has 114 valence electrons. The maximum Gasteiger partial charge on any atom is 0.255 e. The molecule has 0 bridgehead atoms. The highest BCUT2D eigenvalue weighted by atomic mass is 16.2. The first-order valence-corrected chi connectivity index (χ1v) is 7.94. The van der Waals surface area contributed by atoms with Crippen molar-refractivity contribution in [1.29, 1.82) is 0 Å². The van der Waals surface area contributed by atoms with E-state index in [1.807, 2.05) is 24.0 Å². The third-order valence-electron chi connectivity index (χ3n) is 4.65. The fraction of sp³-hybridized carbons (Fsp3) is 0.368. The lowest BCUT2D eigenvalue weighted by Gasteiger charge is -2.38. The normalized spacial score (nSPS) is 21.6. The number of carbonyl (C=O) groups excluding carboxylic acids is 1. The van der Waals surface area contributed by atoms with Gasteiger partial charge in [-0.1, -0.05) is 30.3 Å². The van der Waals surface area contributed by atoms with E-state index in [-0.39, 0.29) is 11.9 Å². The Labute approximate surface area is 132 Å². The number of hydrogen-bond donors (Lipinski definition) is 0. The van der Waals surface area contributed by atoms with Gasteiger partial charge in [0, 0.05) is 24.5 Å². The molecule has 0 saturated carbocycles. The number of rotatable bonds is 2. The lowest BCUT2D eigenvalue weighted by Crippen LogP contribution is -2.44. The van der Waals surface area contributed by atoms with Crippen molar-refractivity contribution in [3.8, 4) is 0 Å². The van der Waals surface area contributed by atoms with E-state index < -0.39 is 0 Å². The molecule has 2 aromatic rings. The molecule has 2 atom stereocenters. The number of piperidine rings is 1. The Hall–Kier alpha value is -2.16. The lowest BCUT2D eigenvalue weighted by molar-refractivity contribution is 0.0615. The first kappa shape index (κ1) is 14.8. The van der Waals surface area contributed by atoms with Gasteiger partial charge in [0.25, 0.3) is 5.91 Å². The number of aromatic nitrogens is 1. The largest absolute Gasteiger partial charge is 0.336 e. The quantitative estimate of drug-likeness (QED) is 0.844. The van der Waals surface area contributed by atoms with Crippen molar-refractivity contribution in [2.24, 2.45) is 0 Å². The third-order valence-corrected chi connectivity index (χ3v) is 4.65. The molecule has 0 N–H and O–H groups in total. The minimum absolute atomic E-state index is 0.115. The molecule has 1 aliphatic heterocycles. The van der Waals surface area contributed by atoms with Crippen molar-refractivity contribution < 1.29 is 4.79 Å². The molecular weight excluding hydrogens is 272 g/mol. The van der Waals surface area contributed by atoms with Crippen LogP contribution in [0.4, 0.5) is 0 Å². The summed E-state index contributed by atoms with van der Waals surface area (Å²) in [5.74, 6) is 0.667. The predicted molar refractivity (Wildman–Crippen MR) is 87.9 cm³/mol. The van der Waals surface area contributed by atoms with Crippen LogP contribution < -0.4 is 0 Å². The van der Waals surface area contributed by atoms with Crippen molar-refractivity contribution >= 4 is 5.91 Å². The average Bonchev–Trinajstić information content (AvgIpc) is 2.55. The summed E-state index contributed by atoms with van der Waals surface area (Å²) in [4.78, 5) is 19.0. The molecule has 1 aromatic heterocycles. The molecule has 1 aliphatic rings. The summed E-state index contributed by atoms with van der Waals surface area (Å²) in [6, 6.07) is 14.6. The van der Waals surface area contributed by atoms with Gasteiger partial charge >= 0.3 is 0 Å². The molecule has 1 amide bonds. The summed E-state index contributed by atoms with van der Waals surface area (Å²) < 4.78 is 0. The highest BCUT2D eigenvalue weighted by Gasteiger charge is 2.30. The summed E-state index contributed by atoms with van der Waals surface area (Å²) in [7, 11) is 0. The average molecular weight is 294 g/mol. The number of pyridine rings is 1. The van der Waals surface area contributed by atoms with Crippen LogP contribution in [-0.2, 0) is 0 Å². The highest BCUT2D eigenvalue weighted by Crippen LogP contribution is 2.32. The summed E-state index contributed by atoms with van der Waals surface area (Å²) in [5, 5.41) is 0. The van der Waals surface area contributed by atoms with Crippen LogP contribution in [0.3, 0.4) is 0 Å². The monoisotopic (exact) mass is 294 g/mol. The van der Waals surface area contributed by atoms with Crippen LogP contribution in [0.25, 0.3) is 0 Å². The Kier molecular flexibility index (Phi) is 4.23. The zero-order valence-electron chi connectivity index (χ0n) is 13.2. The fourth-order valence-electron chi connectivity index (χ4n) is 3.37. The molecule has 22 heavy (non-hydrogen) atoms. The van der Waals surface area contributed by atoms with E-state index in [2.05, 4.69) is 42.2 Å². The third kappa shape index (κ3) is 2.89. The van der Waals surface area contributed by atoms with Crippen LogP contribution >= 0.6 is 0 Å². The SMILES string of the molecule is Cc1ncccc1C(=O)N1CCC(c2ccccc2)CC1C. The number of benzene rings is 1. The van der Waals surface area contributed by atoms with E-state index in [0.717, 1.165) is 30.6 Å². The van der Waals surface area contributed by atoms with Crippen molar-refractivity contribution in [3.63, 3.8) is 0 Å². The first-order chi connectivity index (χ1) is 10.7. The van der Waals surface area contributed by atoms with E-state index in [1.165, 1.54) is 5.56 Å². The zero-order valence-corrected chi connectivity index (χ0v) is 13.2. The minimum Gasteiger partial charge on any atom is -0.336 e. The Balaban J connectivity index is 1.73. The van der Waals surface area contributed by atoms with Crippen LogP contribution in [0.5, 0.6) is 0 Å². The summed E-state index contributed by atoms with van der Waals surface area (Å²) >= 11 is 0. The van der Waals surface area contributed by atoms with E-state index in [1.54, 1.807) is 6.20 Å². The molecule has 1 aromatic carbocycles. The standard InChI is InChI=1S/C19H22N2O/c1-14-13-17(16-7-4-3-5-8-16)10-12-21(14)19(22)18-9-6-11-20-15(18)2/h3-9,11,14,17H,10,12-13H2,1-2H3. The van der Waals surface area contributed by atoms with Gasteiger partial charge in [0.2, 0.25) is 0 Å². The topological polar surface area (TPSA) is 33.2 Å². The molecule has 1 fully saturated rings. The molecule has 0 spiro atoms. The van der Waals surface area contributed by atoms with Gasteiger partial charge in [-0.3, -0.25) is 9.78 Å². The van der Waals surface area contributed by atoms with Crippen molar-refractivity contribution in [2.45, 2.75) is 38.6 Å². The molecule has 3 rings (SSSR count). The van der Waals surface area contributed by atoms with Crippen LogP contribution in [0.15, 0.2) is 48.7 Å². The van der Waals surface area contributed by atoms with Crippen LogP contribution in [0.1, 0.15) is 47.3 Å². The zero-order chi connectivity index (χ0) is 15.5. The Morgan fingerprint density at radius 3 is 2.64 bits per heavy atom. The predicted octanol–water partition coefficient (Wildman–Crippen LogP) is 3.80. The fourth-order valence-corrected chi connectivity index (χ4v) is 3.37. The maximum absolute atomic E-state index is 12.8. The first-order valence-electron chi connectivity index (χ1n) is 7.94. The number of likely N-dealkylation sites (tertiary alicyclic amines) is 1. The molecular formula is C19H22N2O. The minimum atomic E-state index is 0.115. The maximum atomic E-state index is 12.8. The van der Waals surface area contributed by atoms with E-state index in [0.29, 0.717) is 5.92 Å². The van der Waals surface area contributed by atoms with Gasteiger partial charge in [0.1, 0.15) is 0 Å². The Bertz CT molecular complexity index is 653. The second-order valence-corrected chi connectivity index (χ2v) is 6.12. The number of aryl methyl sites for hydroxylation is 1. The number of hydrogen-bond acceptors (Lipinski definition) is 2. The second kappa shape index (κ2) is 6.30. The van der Waals surface area contributed by atoms with Gasteiger partial charge in [-0.2, -0.15) is 0 Å². The van der Waals surface area contributed by atoms with E-state index >= 15 is 0 Å². The molecule has 0 aliphatic carbocycles. The Morgan fingerprint density at radius 1 is 1.18 bits per heavy atom. The molecule has 2 heterocycles. The summed E-state index contributed by atoms with van der Waals surface area (Å²) in [6.07, 6.45) is 3.78. The highest BCUT2D eigenvalue weighted by molar-refractivity contribution is 5.95. The van der Waals surface area contributed by atoms with Gasteiger partial charge in [-0.15, -0.1) is 0 Å². The van der Waals surface area contributed by atoms with Crippen molar-refractivity contribution in [2.75, 3.05) is 6.54 Å². The van der Waals surface area contributed by atoms with Gasteiger partial charge in [-0.05, 0) is 50.3 Å². The molecule has 2 unspecified atom stereocenters. The van der Waals surface area contributed by atoms with Crippen molar-refractivity contribution in [3.05, 3.63) is 65.5 Å². The number of nitrogens with zero attached hydrogens (tertiary/aromatic N) is 2. The molecule has 3 heteroatoms. The molecule has 3 nitrogen and oxygen atoms in total. The number of amides is 1. The number of carbonyl (C=O) groups is 1. The van der Waals surface area contributed by atoms with Crippen LogP contribution in [0.2, 0.25) is 0 Å². The van der Waals surface area contributed by atoms with Gasteiger partial charge in [0.15, 0.2) is 0 Å². The summed E-state index contributed by atoms with van der Waals surface area (Å²) in [5.41, 5.74) is 2.93. The van der Waals surface area contributed by atoms with E-state index in [9.17, 15) is 4.79 Å². The Morgan fingerprint density at radius 2 is 1.95 bits per heavy atom. The molecule has 1 saturated heterocycles. The summed E-state index contributed by atoms with van der Waals surface area (Å²) in [6.45, 7) is 4.86. The smallest absolute Gasteiger partial charge is 0.255 e.